The van der Waals surface area contributed by atoms with Crippen LogP contribution in [0.1, 0.15) is 18.1 Å². The summed E-state index contributed by atoms with van der Waals surface area (Å²) in [5.74, 6) is -0.419. The molecule has 0 radical (unpaired) electrons. The zero-order valence-electron chi connectivity index (χ0n) is 13.8. The number of para-hydroxylation sites is 2. The van der Waals surface area contributed by atoms with E-state index in [2.05, 4.69) is 15.4 Å². The number of alkyl halides is 2. The lowest BCUT2D eigenvalue weighted by molar-refractivity contribution is -0.116. The molecule has 0 fully saturated rings. The first-order valence-corrected chi connectivity index (χ1v) is 7.55. The molecule has 0 aliphatic heterocycles. The Morgan fingerprint density at radius 2 is 1.79 bits per heavy atom. The van der Waals surface area contributed by atoms with E-state index in [1.54, 1.807) is 19.1 Å². The van der Waals surface area contributed by atoms with Crippen LogP contribution < -0.4 is 15.4 Å². The Morgan fingerprint density at radius 3 is 2.46 bits per heavy atom. The predicted octanol–water partition coefficient (Wildman–Crippen LogP) is 4.34. The molecule has 0 spiro atoms. The number of halogens is 2. The fourth-order valence-electron chi connectivity index (χ4n) is 2.16. The first kappa shape index (κ1) is 17.7. The quantitative estimate of drug-likeness (QED) is 0.826. The number of rotatable bonds is 6. The van der Waals surface area contributed by atoms with Crippen molar-refractivity contribution < 1.29 is 18.3 Å². The largest absolute Gasteiger partial charge is 0.433 e. The lowest BCUT2D eigenvalue weighted by Crippen LogP contribution is -2.32. The van der Waals surface area contributed by atoms with E-state index in [0.717, 1.165) is 16.8 Å². The summed E-state index contributed by atoms with van der Waals surface area (Å²) in [5.41, 5.74) is 3.30. The lowest BCUT2D eigenvalue weighted by Gasteiger charge is -2.17. The van der Waals surface area contributed by atoms with Crippen LogP contribution in [-0.2, 0) is 4.79 Å². The van der Waals surface area contributed by atoms with Crippen molar-refractivity contribution in [3.05, 3.63) is 53.6 Å². The molecule has 4 nitrogen and oxygen atoms in total. The predicted molar refractivity (Wildman–Crippen MR) is 90.7 cm³/mol. The summed E-state index contributed by atoms with van der Waals surface area (Å²) < 4.78 is 29.2. The van der Waals surface area contributed by atoms with Gasteiger partial charge in [-0.2, -0.15) is 8.78 Å². The second-order valence-corrected chi connectivity index (χ2v) is 5.53. The molecular formula is C18H20F2N2O2. The standard InChI is InChI=1S/C18H20F2N2O2/c1-11-8-9-14(10-12(11)2)21-13(3)17(23)22-15-6-4-5-7-16(15)24-18(19)20/h4-10,13,18,21H,1-3H3,(H,22,23)/t13-/m0/s1. The Morgan fingerprint density at radius 1 is 1.08 bits per heavy atom. The maximum atomic E-state index is 12.4. The summed E-state index contributed by atoms with van der Waals surface area (Å²) in [6.45, 7) is 2.74. The van der Waals surface area contributed by atoms with Crippen LogP contribution in [0.2, 0.25) is 0 Å². The van der Waals surface area contributed by atoms with E-state index in [4.69, 9.17) is 0 Å². The molecule has 128 valence electrons. The van der Waals surface area contributed by atoms with E-state index in [1.807, 2.05) is 32.0 Å². The summed E-state index contributed by atoms with van der Waals surface area (Å²) in [4.78, 5) is 12.3. The zero-order chi connectivity index (χ0) is 17.7. The van der Waals surface area contributed by atoms with E-state index in [-0.39, 0.29) is 17.3 Å². The number of hydrogen-bond acceptors (Lipinski definition) is 3. The first-order valence-electron chi connectivity index (χ1n) is 7.55. The van der Waals surface area contributed by atoms with Gasteiger partial charge in [-0.15, -0.1) is 0 Å². The van der Waals surface area contributed by atoms with Crippen LogP contribution in [-0.4, -0.2) is 18.6 Å². The third-order valence-electron chi connectivity index (χ3n) is 3.64. The van der Waals surface area contributed by atoms with Crippen molar-refractivity contribution in [1.82, 2.24) is 0 Å². The van der Waals surface area contributed by atoms with Crippen LogP contribution in [0.4, 0.5) is 20.2 Å². The average molecular weight is 334 g/mol. The number of nitrogens with one attached hydrogen (secondary N) is 2. The molecule has 2 rings (SSSR count). The van der Waals surface area contributed by atoms with Gasteiger partial charge in [0, 0.05) is 5.69 Å². The third kappa shape index (κ3) is 4.68. The topological polar surface area (TPSA) is 50.4 Å². The van der Waals surface area contributed by atoms with Gasteiger partial charge in [0.2, 0.25) is 5.91 Å². The van der Waals surface area contributed by atoms with E-state index < -0.39 is 12.7 Å². The molecule has 2 aromatic rings. The molecule has 0 saturated heterocycles. The van der Waals surface area contributed by atoms with Gasteiger partial charge in [0.25, 0.3) is 0 Å². The monoisotopic (exact) mass is 334 g/mol. The van der Waals surface area contributed by atoms with Gasteiger partial charge in [0.1, 0.15) is 11.8 Å². The molecule has 2 N–H and O–H groups in total. The minimum atomic E-state index is -2.95. The van der Waals surface area contributed by atoms with E-state index in [0.29, 0.717) is 0 Å². The Labute approximate surface area is 139 Å². The maximum absolute atomic E-state index is 12.4. The minimum absolute atomic E-state index is 0.0702. The molecule has 0 heterocycles. The molecule has 0 bridgehead atoms. The molecule has 0 aliphatic rings. The molecule has 1 amide bonds. The summed E-state index contributed by atoms with van der Waals surface area (Å²) in [7, 11) is 0. The van der Waals surface area contributed by atoms with Gasteiger partial charge in [0.05, 0.1) is 5.69 Å². The van der Waals surface area contributed by atoms with Crippen LogP contribution >= 0.6 is 0 Å². The summed E-state index contributed by atoms with van der Waals surface area (Å²) in [5, 5.41) is 5.69. The number of hydrogen-bond donors (Lipinski definition) is 2. The number of benzene rings is 2. The molecule has 0 aliphatic carbocycles. The molecule has 6 heteroatoms. The van der Waals surface area contributed by atoms with Gasteiger partial charge in [-0.25, -0.2) is 0 Å². The zero-order valence-corrected chi connectivity index (χ0v) is 13.8. The number of carbonyl (C=O) groups is 1. The Hall–Kier alpha value is -2.63. The van der Waals surface area contributed by atoms with Crippen molar-refractivity contribution in [3.63, 3.8) is 0 Å². The minimum Gasteiger partial charge on any atom is -0.433 e. The van der Waals surface area contributed by atoms with Gasteiger partial charge in [-0.3, -0.25) is 4.79 Å². The SMILES string of the molecule is Cc1ccc(N[C@@H](C)C(=O)Nc2ccccc2OC(F)F)cc1C. The number of ether oxygens (including phenoxy) is 1. The molecule has 0 saturated carbocycles. The number of aryl methyl sites for hydroxylation is 2. The molecule has 0 aromatic heterocycles. The second kappa shape index (κ2) is 7.77. The van der Waals surface area contributed by atoms with Gasteiger partial charge >= 0.3 is 6.61 Å². The van der Waals surface area contributed by atoms with Crippen molar-refractivity contribution in [3.8, 4) is 5.75 Å². The highest BCUT2D eigenvalue weighted by Gasteiger charge is 2.16. The van der Waals surface area contributed by atoms with Crippen LogP contribution in [0.5, 0.6) is 5.75 Å². The smallest absolute Gasteiger partial charge is 0.387 e. The van der Waals surface area contributed by atoms with Crippen LogP contribution in [0.15, 0.2) is 42.5 Å². The van der Waals surface area contributed by atoms with Gasteiger partial charge in [0.15, 0.2) is 0 Å². The highest BCUT2D eigenvalue weighted by atomic mass is 19.3. The third-order valence-corrected chi connectivity index (χ3v) is 3.64. The van der Waals surface area contributed by atoms with E-state index >= 15 is 0 Å². The van der Waals surface area contributed by atoms with Crippen molar-refractivity contribution in [2.24, 2.45) is 0 Å². The van der Waals surface area contributed by atoms with Crippen LogP contribution in [0.25, 0.3) is 0 Å². The van der Waals surface area contributed by atoms with Crippen molar-refractivity contribution in [1.29, 1.82) is 0 Å². The summed E-state index contributed by atoms with van der Waals surface area (Å²) in [6, 6.07) is 11.3. The molecule has 2 aromatic carbocycles. The second-order valence-electron chi connectivity index (χ2n) is 5.53. The van der Waals surface area contributed by atoms with Crippen molar-refractivity contribution >= 4 is 17.3 Å². The Kier molecular flexibility index (Phi) is 5.73. The number of amides is 1. The van der Waals surface area contributed by atoms with Crippen LogP contribution in [0.3, 0.4) is 0 Å². The number of carbonyl (C=O) groups excluding carboxylic acids is 1. The first-order chi connectivity index (χ1) is 11.4. The number of anilines is 2. The molecule has 1 atom stereocenters. The maximum Gasteiger partial charge on any atom is 0.387 e. The van der Waals surface area contributed by atoms with Crippen molar-refractivity contribution in [2.45, 2.75) is 33.4 Å². The fraction of sp³-hybridized carbons (Fsp3) is 0.278. The average Bonchev–Trinajstić information content (AvgIpc) is 2.52. The molecule has 0 unspecified atom stereocenters. The normalized spacial score (nSPS) is 11.9. The van der Waals surface area contributed by atoms with Crippen LogP contribution in [0, 0.1) is 13.8 Å². The van der Waals surface area contributed by atoms with E-state index in [1.165, 1.54) is 12.1 Å². The molecule has 24 heavy (non-hydrogen) atoms. The van der Waals surface area contributed by atoms with Gasteiger partial charge in [-0.05, 0) is 56.2 Å². The fourth-order valence-corrected chi connectivity index (χ4v) is 2.16. The van der Waals surface area contributed by atoms with Gasteiger partial charge < -0.3 is 15.4 Å². The highest BCUT2D eigenvalue weighted by Crippen LogP contribution is 2.25. The Balaban J connectivity index is 2.05. The summed E-state index contributed by atoms with van der Waals surface area (Å²) >= 11 is 0. The Bertz CT molecular complexity index is 720. The van der Waals surface area contributed by atoms with Gasteiger partial charge in [-0.1, -0.05) is 18.2 Å². The van der Waals surface area contributed by atoms with E-state index in [9.17, 15) is 13.6 Å². The summed E-state index contributed by atoms with van der Waals surface area (Å²) in [6.07, 6.45) is 0. The molecular weight excluding hydrogens is 314 g/mol. The highest BCUT2D eigenvalue weighted by molar-refractivity contribution is 5.97. The van der Waals surface area contributed by atoms with Crippen molar-refractivity contribution in [2.75, 3.05) is 10.6 Å². The lowest BCUT2D eigenvalue weighted by atomic mass is 10.1.